The van der Waals surface area contributed by atoms with Crippen molar-refractivity contribution in [2.75, 3.05) is 45.9 Å². The summed E-state index contributed by atoms with van der Waals surface area (Å²) in [6, 6.07) is 0. The van der Waals surface area contributed by atoms with Crippen molar-refractivity contribution in [3.8, 4) is 0 Å². The molecule has 0 aliphatic carbocycles. The van der Waals surface area contributed by atoms with E-state index in [9.17, 15) is 24.0 Å². The van der Waals surface area contributed by atoms with Gasteiger partial charge >= 0.3 is 17.9 Å². The number of carbonyl (C=O) groups is 5. The molecule has 0 N–H and O–H groups in total. The van der Waals surface area contributed by atoms with Crippen LogP contribution in [0.1, 0.15) is 318 Å². The molecule has 11 heteroatoms. The third-order valence-electron chi connectivity index (χ3n) is 14.9. The van der Waals surface area contributed by atoms with Gasteiger partial charge in [0.15, 0.2) is 0 Å². The van der Waals surface area contributed by atoms with Gasteiger partial charge in [0.1, 0.15) is 12.2 Å². The Hall–Kier alpha value is -2.69. The van der Waals surface area contributed by atoms with Crippen LogP contribution in [0, 0.1) is 5.92 Å². The highest BCUT2D eigenvalue weighted by Crippen LogP contribution is 2.20. The van der Waals surface area contributed by atoms with Gasteiger partial charge in [0, 0.05) is 44.7 Å². The molecule has 1 fully saturated rings. The number of carbonyl (C=O) groups excluding carboxylic acids is 5. The lowest BCUT2D eigenvalue weighted by atomic mass is 10.0. The molecular formula is C64H122N2O9. The minimum absolute atomic E-state index is 0.0393. The van der Waals surface area contributed by atoms with Gasteiger partial charge < -0.3 is 28.7 Å². The van der Waals surface area contributed by atoms with Gasteiger partial charge in [0.2, 0.25) is 5.91 Å². The van der Waals surface area contributed by atoms with Crippen LogP contribution in [0.25, 0.3) is 0 Å². The first-order chi connectivity index (χ1) is 36.7. The summed E-state index contributed by atoms with van der Waals surface area (Å²) in [4.78, 5) is 66.1. The van der Waals surface area contributed by atoms with Crippen LogP contribution in [0.15, 0.2) is 0 Å². The normalized spacial score (nSPS) is 12.9. The molecule has 0 spiro atoms. The molecule has 1 atom stereocenters. The molecule has 1 heterocycles. The molecule has 0 aromatic heterocycles. The maximum Gasteiger partial charge on any atom is 0.306 e. The fourth-order valence-corrected chi connectivity index (χ4v) is 10.1. The molecule has 0 aromatic carbocycles. The van der Waals surface area contributed by atoms with Crippen LogP contribution in [-0.2, 0) is 42.9 Å². The number of hydrogen-bond acceptors (Lipinski definition) is 10. The van der Waals surface area contributed by atoms with E-state index in [0.29, 0.717) is 51.7 Å². The second kappa shape index (κ2) is 56.0. The summed E-state index contributed by atoms with van der Waals surface area (Å²) in [6.07, 6.45) is 46.2. The van der Waals surface area contributed by atoms with Gasteiger partial charge in [-0.25, -0.2) is 0 Å². The molecule has 75 heavy (non-hydrogen) atoms. The Labute approximate surface area is 463 Å². The predicted octanol–water partition coefficient (Wildman–Crippen LogP) is 17.2. The Kier molecular flexibility index (Phi) is 54.0. The van der Waals surface area contributed by atoms with E-state index in [4.69, 9.17) is 18.9 Å². The summed E-state index contributed by atoms with van der Waals surface area (Å²) >= 11 is 0. The fraction of sp³-hybridized carbons (Fsp3) is 0.922. The molecule has 1 aliphatic rings. The Balaban J connectivity index is 0.00000199. The van der Waals surface area contributed by atoms with Crippen LogP contribution < -0.4 is 0 Å². The summed E-state index contributed by atoms with van der Waals surface area (Å²) < 4.78 is 22.4. The van der Waals surface area contributed by atoms with E-state index in [1.54, 1.807) is 0 Å². The van der Waals surface area contributed by atoms with E-state index in [-0.39, 0.29) is 55.2 Å². The fourth-order valence-electron chi connectivity index (χ4n) is 10.1. The van der Waals surface area contributed by atoms with Crippen molar-refractivity contribution in [1.29, 1.82) is 0 Å². The third-order valence-corrected chi connectivity index (χ3v) is 14.9. The van der Waals surface area contributed by atoms with Gasteiger partial charge in [0.25, 0.3) is 6.47 Å². The summed E-state index contributed by atoms with van der Waals surface area (Å²) in [5.41, 5.74) is 0. The molecule has 0 saturated carbocycles. The zero-order chi connectivity index (χ0) is 55.1. The lowest BCUT2D eigenvalue weighted by Crippen LogP contribution is -2.39. The minimum Gasteiger partial charge on any atom is -0.467 e. The van der Waals surface area contributed by atoms with E-state index < -0.39 is 0 Å². The van der Waals surface area contributed by atoms with Crippen LogP contribution in [0.4, 0.5) is 0 Å². The van der Waals surface area contributed by atoms with Crippen molar-refractivity contribution in [3.63, 3.8) is 0 Å². The minimum atomic E-state index is -0.278. The number of likely N-dealkylation sites (tertiary alicyclic amines) is 1. The summed E-state index contributed by atoms with van der Waals surface area (Å²) in [6.45, 7) is 18.5. The van der Waals surface area contributed by atoms with Gasteiger partial charge in [-0.1, -0.05) is 189 Å². The molecule has 0 bridgehead atoms. The number of ether oxygens (including phenoxy) is 4. The predicted molar refractivity (Wildman–Crippen MR) is 312 cm³/mol. The van der Waals surface area contributed by atoms with E-state index in [2.05, 4.69) is 46.4 Å². The largest absolute Gasteiger partial charge is 0.467 e. The molecule has 0 radical (unpaired) electrons. The van der Waals surface area contributed by atoms with Crippen molar-refractivity contribution in [2.24, 2.45) is 5.92 Å². The van der Waals surface area contributed by atoms with Gasteiger partial charge in [-0.05, 0) is 122 Å². The highest BCUT2D eigenvalue weighted by Gasteiger charge is 2.22. The Bertz CT molecular complexity index is 1270. The Morgan fingerprint density at radius 3 is 1.23 bits per heavy atom. The van der Waals surface area contributed by atoms with E-state index in [1.165, 1.54) is 161 Å². The van der Waals surface area contributed by atoms with Crippen molar-refractivity contribution < 1.29 is 42.9 Å². The standard InChI is InChI=1S/C43H80N2O7.C21H42O2/c1-4-7-10-13-14-19-28-41(47)45(34-25-24-33-44-31-22-23-32-44)35-39(36-50-38-46)37-51-42(48)29-20-15-16-21-30-43(49)52-40(26-17-11-8-5-2)27-18-12-9-6-3;1-4-7-10-13-16-19-21(22)23-20(17-14-11-8-5-2)18-15-12-9-6-3/h38-40H,4-37H2,1-3H3;20H,4-19H2,1-3H3. The summed E-state index contributed by atoms with van der Waals surface area (Å²) in [5, 5.41) is 0. The third kappa shape index (κ3) is 48.2. The maximum absolute atomic E-state index is 13.3. The molecule has 0 aromatic rings. The van der Waals surface area contributed by atoms with E-state index in [1.807, 2.05) is 4.90 Å². The number of hydrogen-bond donors (Lipinski definition) is 0. The van der Waals surface area contributed by atoms with Crippen LogP contribution >= 0.6 is 0 Å². The first kappa shape index (κ1) is 72.3. The molecule has 1 saturated heterocycles. The van der Waals surface area contributed by atoms with E-state index in [0.717, 1.165) is 103 Å². The molecule has 1 aliphatic heterocycles. The molecule has 1 amide bonds. The zero-order valence-corrected chi connectivity index (χ0v) is 50.2. The highest BCUT2D eigenvalue weighted by molar-refractivity contribution is 5.76. The average molecular weight is 1060 g/mol. The molecule has 442 valence electrons. The van der Waals surface area contributed by atoms with Crippen LogP contribution in [0.3, 0.4) is 0 Å². The van der Waals surface area contributed by atoms with Crippen molar-refractivity contribution in [1.82, 2.24) is 9.80 Å². The second-order valence-electron chi connectivity index (χ2n) is 22.3. The van der Waals surface area contributed by atoms with Gasteiger partial charge in [-0.15, -0.1) is 0 Å². The first-order valence-corrected chi connectivity index (χ1v) is 32.3. The van der Waals surface area contributed by atoms with Gasteiger partial charge in [0.05, 0.1) is 13.2 Å². The maximum atomic E-state index is 13.3. The van der Waals surface area contributed by atoms with E-state index >= 15 is 0 Å². The topological polar surface area (TPSA) is 129 Å². The van der Waals surface area contributed by atoms with Crippen molar-refractivity contribution in [3.05, 3.63) is 0 Å². The molecule has 11 nitrogen and oxygen atoms in total. The number of nitrogens with zero attached hydrogens (tertiary/aromatic N) is 2. The van der Waals surface area contributed by atoms with Crippen molar-refractivity contribution >= 4 is 30.3 Å². The summed E-state index contributed by atoms with van der Waals surface area (Å²) in [7, 11) is 0. The lowest BCUT2D eigenvalue weighted by Gasteiger charge is -2.28. The Morgan fingerprint density at radius 2 is 0.813 bits per heavy atom. The quantitative estimate of drug-likeness (QED) is 0.0251. The van der Waals surface area contributed by atoms with Crippen LogP contribution in [0.5, 0.6) is 0 Å². The molecule has 1 rings (SSSR count). The number of amides is 1. The zero-order valence-electron chi connectivity index (χ0n) is 50.2. The second-order valence-corrected chi connectivity index (χ2v) is 22.3. The van der Waals surface area contributed by atoms with Crippen molar-refractivity contribution in [2.45, 2.75) is 330 Å². The Morgan fingerprint density at radius 1 is 0.440 bits per heavy atom. The van der Waals surface area contributed by atoms with Crippen LogP contribution in [0.2, 0.25) is 0 Å². The molecular weight excluding hydrogens is 941 g/mol. The van der Waals surface area contributed by atoms with Crippen LogP contribution in [-0.4, -0.2) is 98.2 Å². The van der Waals surface area contributed by atoms with Gasteiger partial charge in [-0.2, -0.15) is 0 Å². The highest BCUT2D eigenvalue weighted by atomic mass is 16.6. The number of rotatable bonds is 54. The SMILES string of the molecule is CCCCCCCC(=O)OC(CCCCCC)CCCCCC.CCCCCCCCC(=O)N(CCCCN1CCCC1)CC(COC=O)COC(=O)CCCCCCC(=O)OC(CCCCCC)CCCCCC. The molecule has 1 unspecified atom stereocenters. The summed E-state index contributed by atoms with van der Waals surface area (Å²) in [5.74, 6) is -0.463. The smallest absolute Gasteiger partial charge is 0.306 e. The number of esters is 3. The average Bonchev–Trinajstić information content (AvgIpc) is 3.94. The van der Waals surface area contributed by atoms with Gasteiger partial charge in [-0.3, -0.25) is 24.0 Å². The number of unbranched alkanes of at least 4 members (excludes halogenated alkanes) is 25. The first-order valence-electron chi connectivity index (χ1n) is 32.3. The monoisotopic (exact) mass is 1060 g/mol. The lowest BCUT2D eigenvalue weighted by molar-refractivity contribution is -0.151.